The lowest BCUT2D eigenvalue weighted by Crippen LogP contribution is -2.59. The zero-order valence-electron chi connectivity index (χ0n) is 32.7. The average molecular weight is 725 g/mol. The largest absolute Gasteiger partial charge is 0.247 e. The Bertz CT molecular complexity index is 1300. The average Bonchev–Trinajstić information content (AvgIpc) is 3.59. The first kappa shape index (κ1) is 34.9. The van der Waals surface area contributed by atoms with Crippen LogP contribution in [0.3, 0.4) is 0 Å². The Labute approximate surface area is 313 Å². The third-order valence-corrected chi connectivity index (χ3v) is 21.2. The van der Waals surface area contributed by atoms with Crippen LogP contribution in [-0.2, 0) is 0 Å². The van der Waals surface area contributed by atoms with E-state index >= 15 is 17.6 Å². The predicted molar refractivity (Wildman–Crippen MR) is 200 cm³/mol. The van der Waals surface area contributed by atoms with Crippen molar-refractivity contribution in [1.82, 2.24) is 0 Å². The van der Waals surface area contributed by atoms with Crippen LogP contribution in [0.4, 0.5) is 17.6 Å². The summed E-state index contributed by atoms with van der Waals surface area (Å²) < 4.78 is 63.3. The molecule has 0 aromatic heterocycles. The fraction of sp³-hybridized carbons (Fsp3) is 1.00. The zero-order valence-corrected chi connectivity index (χ0v) is 32.7. The summed E-state index contributed by atoms with van der Waals surface area (Å²) in [7, 11) is 0. The summed E-state index contributed by atoms with van der Waals surface area (Å²) in [6.07, 6.45) is 17.8. The van der Waals surface area contributed by atoms with Crippen LogP contribution in [0.1, 0.15) is 142 Å². The molecule has 4 heteroatoms. The molecule has 11 fully saturated rings. The van der Waals surface area contributed by atoms with Gasteiger partial charge in [0.05, 0.1) is 0 Å². The first-order valence-corrected chi connectivity index (χ1v) is 23.9. The minimum Gasteiger partial charge on any atom is -0.247 e. The number of fused-ring (bicyclic) bond motifs is 5. The summed E-state index contributed by atoms with van der Waals surface area (Å²) in [6.45, 7) is 5.00. The number of hydrogen-bond acceptors (Lipinski definition) is 0. The second kappa shape index (κ2) is 13.1. The smallest absolute Gasteiger partial charge is 0.103 e. The second-order valence-electron chi connectivity index (χ2n) is 22.6. The molecule has 0 radical (unpaired) electrons. The molecule has 0 aromatic carbocycles. The molecule has 0 heterocycles. The van der Waals surface area contributed by atoms with E-state index in [0.29, 0.717) is 78.9 Å². The highest BCUT2D eigenvalue weighted by Crippen LogP contribution is 2.77. The van der Waals surface area contributed by atoms with Crippen LogP contribution in [-0.4, -0.2) is 24.7 Å². The van der Waals surface area contributed by atoms with Gasteiger partial charge >= 0.3 is 0 Å². The van der Waals surface area contributed by atoms with Crippen molar-refractivity contribution in [1.29, 1.82) is 0 Å². The molecule has 52 heavy (non-hydrogen) atoms. The van der Waals surface area contributed by atoms with E-state index < -0.39 is 24.7 Å². The van der Waals surface area contributed by atoms with Gasteiger partial charge in [0, 0.05) is 12.8 Å². The molecule has 0 spiro atoms. The highest BCUT2D eigenvalue weighted by Gasteiger charge is 2.72. The maximum Gasteiger partial charge on any atom is 0.103 e. The molecule has 0 bridgehead atoms. The quantitative estimate of drug-likeness (QED) is 0.253. The molecule has 24 atom stereocenters. The van der Waals surface area contributed by atoms with E-state index in [1.54, 1.807) is 0 Å². The van der Waals surface area contributed by atoms with Crippen molar-refractivity contribution in [2.75, 3.05) is 0 Å². The van der Waals surface area contributed by atoms with E-state index in [0.717, 1.165) is 65.1 Å². The molecular formula is C48H72F4. The van der Waals surface area contributed by atoms with Crippen LogP contribution in [0.25, 0.3) is 0 Å². The van der Waals surface area contributed by atoms with E-state index in [1.807, 2.05) is 0 Å². The van der Waals surface area contributed by atoms with Gasteiger partial charge in [0.1, 0.15) is 24.7 Å². The number of hydrogen-bond donors (Lipinski definition) is 0. The zero-order chi connectivity index (χ0) is 35.2. The van der Waals surface area contributed by atoms with Gasteiger partial charge in [0.25, 0.3) is 0 Å². The van der Waals surface area contributed by atoms with Gasteiger partial charge in [-0.25, -0.2) is 17.6 Å². The molecule has 292 valence electrons. The van der Waals surface area contributed by atoms with Crippen LogP contribution in [0.15, 0.2) is 0 Å². The Kier molecular flexibility index (Phi) is 8.82. The summed E-state index contributed by atoms with van der Waals surface area (Å²) in [5.41, 5.74) is 0. The summed E-state index contributed by atoms with van der Waals surface area (Å²) >= 11 is 0. The minimum atomic E-state index is -1.00. The van der Waals surface area contributed by atoms with Gasteiger partial charge < -0.3 is 0 Å². The van der Waals surface area contributed by atoms with Gasteiger partial charge in [-0.2, -0.15) is 0 Å². The van der Waals surface area contributed by atoms with Crippen molar-refractivity contribution in [2.45, 2.75) is 167 Å². The molecular weight excluding hydrogens is 653 g/mol. The molecule has 0 saturated heterocycles. The predicted octanol–water partition coefficient (Wildman–Crippen LogP) is 12.9. The Morgan fingerprint density at radius 2 is 0.885 bits per heavy atom. The van der Waals surface area contributed by atoms with Crippen LogP contribution in [0, 0.1) is 130 Å². The highest BCUT2D eigenvalue weighted by atomic mass is 19.2. The Hall–Kier alpha value is -0.280. The molecule has 11 rings (SSSR count). The molecule has 0 N–H and O–H groups in total. The third kappa shape index (κ3) is 5.06. The molecule has 11 saturated carbocycles. The van der Waals surface area contributed by atoms with Crippen LogP contribution in [0.2, 0.25) is 0 Å². The molecule has 0 aliphatic heterocycles. The van der Waals surface area contributed by atoms with Gasteiger partial charge in [-0.1, -0.05) is 52.4 Å². The monoisotopic (exact) mass is 725 g/mol. The molecule has 11 aliphatic carbocycles. The second-order valence-corrected chi connectivity index (χ2v) is 22.6. The minimum absolute atomic E-state index is 0.111. The molecule has 23 unspecified atom stereocenters. The molecule has 0 nitrogen and oxygen atoms in total. The lowest BCUT2D eigenvalue weighted by atomic mass is 9.41. The maximum absolute atomic E-state index is 15.8. The van der Waals surface area contributed by atoms with Crippen molar-refractivity contribution >= 4 is 0 Å². The summed E-state index contributed by atoms with van der Waals surface area (Å²) in [4.78, 5) is 0. The van der Waals surface area contributed by atoms with E-state index in [1.165, 1.54) is 89.9 Å². The van der Waals surface area contributed by atoms with Crippen LogP contribution in [0.5, 0.6) is 0 Å². The van der Waals surface area contributed by atoms with E-state index in [9.17, 15) is 0 Å². The van der Waals surface area contributed by atoms with E-state index in [-0.39, 0.29) is 24.7 Å². The number of halogens is 4. The van der Waals surface area contributed by atoms with Crippen molar-refractivity contribution in [3.8, 4) is 0 Å². The Morgan fingerprint density at radius 3 is 1.58 bits per heavy atom. The van der Waals surface area contributed by atoms with Gasteiger partial charge in [0.15, 0.2) is 0 Å². The first-order chi connectivity index (χ1) is 25.3. The van der Waals surface area contributed by atoms with Crippen LogP contribution < -0.4 is 0 Å². The van der Waals surface area contributed by atoms with E-state index in [4.69, 9.17) is 0 Å². The fourth-order valence-corrected chi connectivity index (χ4v) is 20.8. The number of rotatable bonds is 4. The first-order valence-electron chi connectivity index (χ1n) is 23.9. The summed E-state index contributed by atoms with van der Waals surface area (Å²) in [6, 6.07) is 0. The van der Waals surface area contributed by atoms with Crippen molar-refractivity contribution < 1.29 is 17.6 Å². The van der Waals surface area contributed by atoms with Gasteiger partial charge in [-0.3, -0.25) is 0 Å². The number of alkyl halides is 4. The highest BCUT2D eigenvalue weighted by molar-refractivity contribution is 5.20. The fourth-order valence-electron chi connectivity index (χ4n) is 20.8. The summed E-state index contributed by atoms with van der Waals surface area (Å²) in [5, 5.41) is 0. The van der Waals surface area contributed by atoms with Crippen molar-refractivity contribution in [3.05, 3.63) is 0 Å². The summed E-state index contributed by atoms with van der Waals surface area (Å²) in [5.74, 6) is 14.6. The third-order valence-electron chi connectivity index (χ3n) is 21.2. The lowest BCUT2D eigenvalue weighted by molar-refractivity contribution is -0.169. The molecule has 0 amide bonds. The molecule has 0 aromatic rings. The SMILES string of the molecule is CCCC1C(C)C2CC3C(C4CC(F)CC(F)C4)C4C5CC6CCCC7CCC8CCC(C5C8C76)C4C(C4CC(F)CC(F)C4)C3C3CCC[C@@H]1C23. The van der Waals surface area contributed by atoms with Gasteiger partial charge in [-0.05, 0) is 207 Å². The lowest BCUT2D eigenvalue weighted by Gasteiger charge is -2.64. The van der Waals surface area contributed by atoms with Crippen LogP contribution >= 0.6 is 0 Å². The van der Waals surface area contributed by atoms with E-state index in [2.05, 4.69) is 13.8 Å². The maximum atomic E-state index is 15.8. The molecule has 11 aliphatic rings. The van der Waals surface area contributed by atoms with Crippen molar-refractivity contribution in [2.24, 2.45) is 130 Å². The normalized spacial score (nSPS) is 63.1. The van der Waals surface area contributed by atoms with Gasteiger partial charge in [-0.15, -0.1) is 0 Å². The van der Waals surface area contributed by atoms with Crippen molar-refractivity contribution in [3.63, 3.8) is 0 Å². The Balaban J connectivity index is 1.08. The standard InChI is InChI=1S/C48H72F4/c1-3-6-33-23(2)37-22-39-41(27-15-29(49)20-30(50)16-27)48-38-19-26-8-4-7-24-11-12-25-13-14-36(46(38)42(25)40(24)26)47(48)43(28-17-31(51)21-32(52)18-28)45(39)35-10-5-9-34(33)44(35)37/h23-48H,3-22H2,1-2H3/t23?,24?,25?,26?,27?,28?,29?,30?,31?,32?,33?,34-,35?,36?,37?,38?,39?,40?,41?,42?,43?,44?,45?,46?,47?,48?/m0/s1. The Morgan fingerprint density at radius 1 is 0.365 bits per heavy atom. The topological polar surface area (TPSA) is 0 Å². The van der Waals surface area contributed by atoms with Gasteiger partial charge in [0.2, 0.25) is 0 Å².